The van der Waals surface area contributed by atoms with Gasteiger partial charge in [-0.1, -0.05) is 75.5 Å². The molecular formula is C52H40BrCl2F4N5. The third kappa shape index (κ3) is 9.27. The quantitative estimate of drug-likeness (QED) is 0.113. The first kappa shape index (κ1) is 44.5. The number of anilines is 2. The minimum atomic E-state index is -0.976. The molecule has 2 aliphatic rings. The Morgan fingerprint density at radius 1 is 0.594 bits per heavy atom. The summed E-state index contributed by atoms with van der Waals surface area (Å²) >= 11 is 15.7. The Balaban J connectivity index is 0.000000184. The first-order valence-corrected chi connectivity index (χ1v) is 22.0. The van der Waals surface area contributed by atoms with Gasteiger partial charge >= 0.3 is 0 Å². The van der Waals surface area contributed by atoms with Crippen LogP contribution in [0.15, 0.2) is 189 Å². The molecule has 0 aromatic heterocycles. The SMILES string of the molecule is CC(=Nc1ccc(Cl)cc1)C1(c2ccc(F)cc2)N=C(c2ccc(F)cc2)N(c2ccc(Cl)cc2)C1C.CC1C(c2ccc(F)cc2)=NC(c2ccc(F)cc2)N1c1ccc(Br)cc1. The monoisotopic (exact) mass is 959 g/mol. The first-order valence-electron chi connectivity index (χ1n) is 20.4. The van der Waals surface area contributed by atoms with Gasteiger partial charge in [-0.15, -0.1) is 0 Å². The van der Waals surface area contributed by atoms with Crippen LogP contribution in [0.5, 0.6) is 0 Å². The van der Waals surface area contributed by atoms with Crippen LogP contribution in [0, 0.1) is 23.3 Å². The van der Waals surface area contributed by atoms with Crippen LogP contribution in [0.2, 0.25) is 10.0 Å². The molecule has 64 heavy (non-hydrogen) atoms. The van der Waals surface area contributed by atoms with Crippen LogP contribution in [0.25, 0.3) is 0 Å². The molecule has 9 rings (SSSR count). The van der Waals surface area contributed by atoms with E-state index in [1.165, 1.54) is 48.5 Å². The fourth-order valence-corrected chi connectivity index (χ4v) is 8.78. The highest BCUT2D eigenvalue weighted by Gasteiger charge is 2.50. The maximum atomic E-state index is 14.0. The number of hydrogen-bond donors (Lipinski definition) is 0. The van der Waals surface area contributed by atoms with Crippen molar-refractivity contribution in [3.8, 4) is 0 Å². The molecule has 0 saturated carbocycles. The molecule has 0 N–H and O–H groups in total. The molecule has 7 aromatic carbocycles. The number of benzene rings is 7. The Morgan fingerprint density at radius 3 is 1.61 bits per heavy atom. The van der Waals surface area contributed by atoms with Crippen LogP contribution in [0.4, 0.5) is 34.6 Å². The molecule has 5 nitrogen and oxygen atoms in total. The molecule has 4 atom stereocenters. The van der Waals surface area contributed by atoms with Gasteiger partial charge in [-0.05, 0) is 171 Å². The molecule has 2 heterocycles. The topological polar surface area (TPSA) is 43.6 Å². The maximum Gasteiger partial charge on any atom is 0.148 e. The third-order valence-corrected chi connectivity index (χ3v) is 12.5. The second-order valence-corrected chi connectivity index (χ2v) is 17.2. The molecule has 4 unspecified atom stereocenters. The van der Waals surface area contributed by atoms with E-state index in [9.17, 15) is 17.6 Å². The Kier molecular flexibility index (Phi) is 13.2. The molecule has 0 spiro atoms. The molecule has 7 aromatic rings. The molecule has 0 radical (unpaired) electrons. The van der Waals surface area contributed by atoms with Crippen molar-refractivity contribution in [1.29, 1.82) is 0 Å². The number of amidine groups is 1. The number of nitrogens with zero attached hydrogens (tertiary/aromatic N) is 5. The minimum Gasteiger partial charge on any atom is -0.337 e. The van der Waals surface area contributed by atoms with Crippen LogP contribution in [-0.4, -0.2) is 29.3 Å². The summed E-state index contributed by atoms with van der Waals surface area (Å²) in [6, 6.07) is 47.8. The van der Waals surface area contributed by atoms with Crippen molar-refractivity contribution in [3.05, 3.63) is 230 Å². The summed E-state index contributed by atoms with van der Waals surface area (Å²) in [5.41, 5.74) is 6.54. The normalized spacial score (nSPS) is 19.5. The highest BCUT2D eigenvalue weighted by atomic mass is 79.9. The van der Waals surface area contributed by atoms with Crippen LogP contribution >= 0.6 is 39.1 Å². The van der Waals surface area contributed by atoms with E-state index in [4.69, 9.17) is 38.2 Å². The molecule has 0 saturated heterocycles. The predicted octanol–water partition coefficient (Wildman–Crippen LogP) is 14.7. The molecule has 0 fully saturated rings. The molecule has 0 bridgehead atoms. The number of aliphatic imine (C=N–C) groups is 3. The van der Waals surface area contributed by atoms with Crippen LogP contribution in [0.3, 0.4) is 0 Å². The number of hydrogen-bond acceptors (Lipinski definition) is 5. The zero-order valence-corrected chi connectivity index (χ0v) is 37.9. The van der Waals surface area contributed by atoms with Gasteiger partial charge in [-0.2, -0.15) is 0 Å². The Labute approximate surface area is 388 Å². The maximum absolute atomic E-state index is 14.0. The Hall–Kier alpha value is -6.07. The summed E-state index contributed by atoms with van der Waals surface area (Å²) in [6.45, 7) is 6.05. The second kappa shape index (κ2) is 19.0. The minimum absolute atomic E-state index is 0.0216. The average Bonchev–Trinajstić information content (AvgIpc) is 3.80. The third-order valence-electron chi connectivity index (χ3n) is 11.4. The van der Waals surface area contributed by atoms with Gasteiger partial charge in [0.2, 0.25) is 0 Å². The van der Waals surface area contributed by atoms with E-state index in [1.807, 2.05) is 67.6 Å². The van der Waals surface area contributed by atoms with Crippen molar-refractivity contribution in [2.45, 2.75) is 44.6 Å². The van der Waals surface area contributed by atoms with Crippen LogP contribution in [0.1, 0.15) is 49.2 Å². The zero-order valence-electron chi connectivity index (χ0n) is 34.8. The smallest absolute Gasteiger partial charge is 0.148 e. The fourth-order valence-electron chi connectivity index (χ4n) is 8.26. The molecule has 322 valence electrons. The summed E-state index contributed by atoms with van der Waals surface area (Å²) in [5, 5.41) is 1.23. The number of halogens is 7. The van der Waals surface area contributed by atoms with Crippen molar-refractivity contribution < 1.29 is 17.6 Å². The second-order valence-electron chi connectivity index (χ2n) is 15.4. The summed E-state index contributed by atoms with van der Waals surface area (Å²) in [5.74, 6) is -0.578. The predicted molar refractivity (Wildman–Crippen MR) is 257 cm³/mol. The van der Waals surface area contributed by atoms with E-state index < -0.39 is 5.54 Å². The van der Waals surface area contributed by atoms with E-state index in [0.717, 1.165) is 49.5 Å². The largest absolute Gasteiger partial charge is 0.337 e. The van der Waals surface area contributed by atoms with Crippen molar-refractivity contribution >= 4 is 73.5 Å². The summed E-state index contributed by atoms with van der Waals surface area (Å²) in [6.07, 6.45) is -0.276. The number of rotatable bonds is 8. The highest BCUT2D eigenvalue weighted by Crippen LogP contribution is 2.44. The van der Waals surface area contributed by atoms with Crippen molar-refractivity contribution in [1.82, 2.24) is 0 Å². The van der Waals surface area contributed by atoms with E-state index in [2.05, 4.69) is 39.6 Å². The molecule has 12 heteroatoms. The molecule has 0 amide bonds. The van der Waals surface area contributed by atoms with Crippen molar-refractivity contribution in [3.63, 3.8) is 0 Å². The molecule has 0 aliphatic carbocycles. The summed E-state index contributed by atoms with van der Waals surface area (Å²) in [4.78, 5) is 19.5. The van der Waals surface area contributed by atoms with Gasteiger partial charge < -0.3 is 9.80 Å². The van der Waals surface area contributed by atoms with Gasteiger partial charge in [-0.3, -0.25) is 9.98 Å². The van der Waals surface area contributed by atoms with Gasteiger partial charge in [0.05, 0.1) is 23.5 Å². The van der Waals surface area contributed by atoms with E-state index >= 15 is 0 Å². The van der Waals surface area contributed by atoms with Gasteiger partial charge in [-0.25, -0.2) is 22.6 Å². The lowest BCUT2D eigenvalue weighted by molar-refractivity contribution is 0.526. The molecular weight excluding hydrogens is 921 g/mol. The van der Waals surface area contributed by atoms with Crippen molar-refractivity contribution in [2.24, 2.45) is 15.0 Å². The molecule has 2 aliphatic heterocycles. The summed E-state index contributed by atoms with van der Waals surface area (Å²) < 4.78 is 55.6. The van der Waals surface area contributed by atoms with Gasteiger partial charge in [0, 0.05) is 37.2 Å². The average molecular weight is 962 g/mol. The lowest BCUT2D eigenvalue weighted by atomic mass is 9.80. The van der Waals surface area contributed by atoms with E-state index in [0.29, 0.717) is 21.6 Å². The Morgan fingerprint density at radius 2 is 1.06 bits per heavy atom. The van der Waals surface area contributed by atoms with Gasteiger partial charge in [0.25, 0.3) is 0 Å². The van der Waals surface area contributed by atoms with Crippen LogP contribution in [-0.2, 0) is 5.54 Å². The summed E-state index contributed by atoms with van der Waals surface area (Å²) in [7, 11) is 0. The fraction of sp³-hybridized carbons (Fsp3) is 0.135. The van der Waals surface area contributed by atoms with Crippen LogP contribution < -0.4 is 9.80 Å². The van der Waals surface area contributed by atoms with Gasteiger partial charge in [0.1, 0.15) is 40.8 Å². The van der Waals surface area contributed by atoms with Crippen molar-refractivity contribution in [2.75, 3.05) is 9.80 Å². The van der Waals surface area contributed by atoms with E-state index in [1.54, 1.807) is 60.7 Å². The van der Waals surface area contributed by atoms with E-state index in [-0.39, 0.29) is 41.5 Å². The standard InChI is InChI=1S/C30H23Cl2F2N3.C22H17BrF2N2/c1-19(35-27-15-7-23(31)8-16-27)30(22-5-13-26(34)14-6-22)20(2)37(28-17-9-24(32)10-18-28)29(36-30)21-3-11-25(33)12-4-21;1-14-21(15-2-8-18(24)9-3-15)26-22(16-4-10-19(25)11-5-16)27(14)20-12-6-17(23)7-13-20/h3-18,20H,1-2H3;2-14,22H,1H3. The zero-order chi connectivity index (χ0) is 45.1. The lowest BCUT2D eigenvalue weighted by Gasteiger charge is -2.36. The Bertz CT molecular complexity index is 2820. The lowest BCUT2D eigenvalue weighted by Crippen LogP contribution is -2.47. The first-order chi connectivity index (χ1) is 30.8. The highest BCUT2D eigenvalue weighted by molar-refractivity contribution is 9.10. The van der Waals surface area contributed by atoms with Gasteiger partial charge in [0.15, 0.2) is 0 Å².